The number of nitrogens with one attached hydrogen (secondary N) is 1. The molecular weight excluding hydrogens is 442 g/mol. The molecule has 0 radical (unpaired) electrons. The smallest absolute Gasteiger partial charge is 0.287 e. The van der Waals surface area contributed by atoms with Crippen LogP contribution in [0.2, 0.25) is 0 Å². The average Bonchev–Trinajstić information content (AvgIpc) is 3.20. The minimum absolute atomic E-state index is 0.0174. The zero-order chi connectivity index (χ0) is 23.5. The lowest BCUT2D eigenvalue weighted by molar-refractivity contribution is -0.143. The van der Waals surface area contributed by atoms with E-state index in [-0.39, 0.29) is 11.9 Å². The molecule has 0 bridgehead atoms. The molecule has 0 spiro atoms. The van der Waals surface area contributed by atoms with Gasteiger partial charge in [0.2, 0.25) is 0 Å². The molecule has 0 aliphatic heterocycles. The van der Waals surface area contributed by atoms with Gasteiger partial charge in [-0.1, -0.05) is 0 Å². The van der Waals surface area contributed by atoms with E-state index >= 15 is 0 Å². The third-order valence-corrected chi connectivity index (χ3v) is 4.04. The first-order chi connectivity index (χ1) is 14.9. The van der Waals surface area contributed by atoms with Crippen LogP contribution in [0.4, 0.5) is 32.0 Å². The molecule has 0 aliphatic rings. The zero-order valence-electron chi connectivity index (χ0n) is 16.2. The highest BCUT2D eigenvalue weighted by Crippen LogP contribution is 2.38. The van der Waals surface area contributed by atoms with Crippen molar-refractivity contribution in [2.75, 3.05) is 12.1 Å². The highest BCUT2D eigenvalue weighted by atomic mass is 19.4. The Balaban J connectivity index is 1.79. The topological polar surface area (TPSA) is 75.9 Å². The first-order valence-corrected chi connectivity index (χ1v) is 8.77. The largest absolute Gasteiger partial charge is 0.416 e. The van der Waals surface area contributed by atoms with Crippen molar-refractivity contribution in [1.29, 1.82) is 0 Å². The molecule has 3 aromatic rings. The van der Waals surface area contributed by atoms with E-state index in [4.69, 9.17) is 0 Å². The van der Waals surface area contributed by atoms with Crippen molar-refractivity contribution in [1.82, 2.24) is 25.2 Å². The summed E-state index contributed by atoms with van der Waals surface area (Å²) in [6.07, 6.45) is -3.67. The number of nitrogens with zero attached hydrogens (tertiary/aromatic N) is 5. The number of anilines is 1. The van der Waals surface area contributed by atoms with E-state index in [2.05, 4.69) is 20.5 Å². The van der Waals surface area contributed by atoms with Crippen LogP contribution in [-0.2, 0) is 17.1 Å². The molecule has 7 nitrogen and oxygen atoms in total. The summed E-state index contributed by atoms with van der Waals surface area (Å²) >= 11 is 0. The van der Waals surface area contributed by atoms with Crippen LogP contribution in [0, 0.1) is 0 Å². The number of aromatic nitrogens is 4. The highest BCUT2D eigenvalue weighted by molar-refractivity contribution is 5.91. The summed E-state index contributed by atoms with van der Waals surface area (Å²) in [5.41, 5.74) is -0.323. The van der Waals surface area contributed by atoms with Crippen molar-refractivity contribution in [3.8, 4) is 11.4 Å². The molecule has 0 unspecified atom stereocenters. The van der Waals surface area contributed by atoms with Crippen LogP contribution in [0.1, 0.15) is 11.1 Å². The molecule has 3 rings (SSSR count). The molecule has 0 fully saturated rings. The number of benzene rings is 1. The number of hydrazine groups is 1. The molecule has 0 aliphatic carbocycles. The Morgan fingerprint density at radius 1 is 1.09 bits per heavy atom. The predicted octanol–water partition coefficient (Wildman–Crippen LogP) is 4.02. The SMILES string of the molecule is CN(NC(=O)C=Cn1cnc(-c2cc(C(F)(F)F)cc(C(F)(F)F)c2)n1)c1cccnc1. The van der Waals surface area contributed by atoms with Crippen molar-refractivity contribution in [3.63, 3.8) is 0 Å². The number of pyridine rings is 1. The highest BCUT2D eigenvalue weighted by Gasteiger charge is 2.37. The summed E-state index contributed by atoms with van der Waals surface area (Å²) in [5.74, 6) is -0.953. The van der Waals surface area contributed by atoms with Gasteiger partial charge in [0.15, 0.2) is 5.82 Å². The zero-order valence-corrected chi connectivity index (χ0v) is 16.2. The van der Waals surface area contributed by atoms with Gasteiger partial charge in [-0.25, -0.2) is 9.67 Å². The second-order valence-electron chi connectivity index (χ2n) is 6.40. The molecule has 1 N–H and O–H groups in total. The van der Waals surface area contributed by atoms with Gasteiger partial charge in [-0.3, -0.25) is 20.2 Å². The monoisotopic (exact) mass is 456 g/mol. The van der Waals surface area contributed by atoms with Gasteiger partial charge in [-0.15, -0.1) is 5.10 Å². The molecule has 13 heteroatoms. The number of hydrogen-bond donors (Lipinski definition) is 1. The number of carbonyl (C=O) groups is 1. The van der Waals surface area contributed by atoms with Crippen LogP contribution in [0.25, 0.3) is 17.6 Å². The maximum Gasteiger partial charge on any atom is 0.416 e. The number of halogens is 6. The second kappa shape index (κ2) is 8.69. The van der Waals surface area contributed by atoms with E-state index in [0.717, 1.165) is 23.3 Å². The lowest BCUT2D eigenvalue weighted by Gasteiger charge is -2.18. The number of alkyl halides is 6. The third-order valence-electron chi connectivity index (χ3n) is 4.04. The van der Waals surface area contributed by atoms with Crippen LogP contribution >= 0.6 is 0 Å². The van der Waals surface area contributed by atoms with E-state index in [1.54, 1.807) is 25.4 Å². The fourth-order valence-electron chi connectivity index (χ4n) is 2.53. The number of carbonyl (C=O) groups excluding carboxylic acids is 1. The van der Waals surface area contributed by atoms with Gasteiger partial charge >= 0.3 is 12.4 Å². The summed E-state index contributed by atoms with van der Waals surface area (Å²) < 4.78 is 79.1. The van der Waals surface area contributed by atoms with Gasteiger partial charge in [0.25, 0.3) is 5.91 Å². The molecular formula is C19H14F6N6O. The van der Waals surface area contributed by atoms with Crippen LogP contribution in [-0.4, -0.2) is 32.7 Å². The summed E-state index contributed by atoms with van der Waals surface area (Å²) in [6.45, 7) is 0. The Morgan fingerprint density at radius 2 is 1.75 bits per heavy atom. The van der Waals surface area contributed by atoms with Crippen molar-refractivity contribution in [3.05, 3.63) is 66.3 Å². The average molecular weight is 456 g/mol. The molecule has 32 heavy (non-hydrogen) atoms. The Kier molecular flexibility index (Phi) is 6.18. The Hall–Kier alpha value is -3.90. The normalized spacial score (nSPS) is 12.2. The minimum Gasteiger partial charge on any atom is -0.287 e. The lowest BCUT2D eigenvalue weighted by atomic mass is 10.0. The van der Waals surface area contributed by atoms with Crippen LogP contribution in [0.5, 0.6) is 0 Å². The molecule has 0 saturated carbocycles. The second-order valence-corrected chi connectivity index (χ2v) is 6.40. The lowest BCUT2D eigenvalue weighted by Crippen LogP contribution is -2.38. The van der Waals surface area contributed by atoms with Crippen molar-refractivity contribution < 1.29 is 31.1 Å². The van der Waals surface area contributed by atoms with Crippen LogP contribution < -0.4 is 10.4 Å². The Bertz CT molecular complexity index is 1090. The van der Waals surface area contributed by atoms with Gasteiger partial charge in [-0.2, -0.15) is 26.3 Å². The Morgan fingerprint density at radius 3 is 2.31 bits per heavy atom. The maximum atomic E-state index is 13.0. The quantitative estimate of drug-likeness (QED) is 0.357. The number of amides is 1. The van der Waals surface area contributed by atoms with Gasteiger partial charge in [0, 0.05) is 31.1 Å². The van der Waals surface area contributed by atoms with E-state index in [9.17, 15) is 31.1 Å². The summed E-state index contributed by atoms with van der Waals surface area (Å²) in [5, 5.41) is 5.21. The summed E-state index contributed by atoms with van der Waals surface area (Å²) in [7, 11) is 1.57. The number of hydrogen-bond acceptors (Lipinski definition) is 5. The van der Waals surface area contributed by atoms with Crippen molar-refractivity contribution in [2.24, 2.45) is 0 Å². The third kappa shape index (κ3) is 5.62. The van der Waals surface area contributed by atoms with Crippen molar-refractivity contribution >= 4 is 17.8 Å². The summed E-state index contributed by atoms with van der Waals surface area (Å²) in [6, 6.07) is 4.43. The first kappa shape index (κ1) is 22.8. The Labute approximate surface area is 177 Å². The van der Waals surface area contributed by atoms with Gasteiger partial charge < -0.3 is 0 Å². The first-order valence-electron chi connectivity index (χ1n) is 8.77. The van der Waals surface area contributed by atoms with E-state index in [0.29, 0.717) is 17.8 Å². The molecule has 2 heterocycles. The summed E-state index contributed by atoms with van der Waals surface area (Å²) in [4.78, 5) is 19.7. The minimum atomic E-state index is -4.99. The maximum absolute atomic E-state index is 13.0. The fourth-order valence-corrected chi connectivity index (χ4v) is 2.53. The molecule has 0 atom stereocenters. The molecule has 1 amide bonds. The van der Waals surface area contributed by atoms with Crippen LogP contribution in [0.3, 0.4) is 0 Å². The van der Waals surface area contributed by atoms with Gasteiger partial charge in [0.05, 0.1) is 23.0 Å². The predicted molar refractivity (Wildman–Crippen MR) is 102 cm³/mol. The van der Waals surface area contributed by atoms with Crippen molar-refractivity contribution in [2.45, 2.75) is 12.4 Å². The number of rotatable bonds is 5. The van der Waals surface area contributed by atoms with E-state index < -0.39 is 35.0 Å². The van der Waals surface area contributed by atoms with Gasteiger partial charge in [-0.05, 0) is 30.3 Å². The molecule has 1 aromatic carbocycles. The fraction of sp³-hybridized carbons (Fsp3) is 0.158. The molecule has 0 saturated heterocycles. The standard InChI is InChI=1S/C19H14F6N6O/c1-30(15-3-2-5-26-10-15)28-16(32)4-6-31-11-27-17(29-31)12-7-13(18(20,21)22)9-14(8-12)19(23,24)25/h2-11H,1H3,(H,28,32). The van der Waals surface area contributed by atoms with E-state index in [1.807, 2.05) is 0 Å². The van der Waals surface area contributed by atoms with Gasteiger partial charge in [0.1, 0.15) is 6.33 Å². The molecule has 2 aromatic heterocycles. The molecule has 168 valence electrons. The van der Waals surface area contributed by atoms with Crippen LogP contribution in [0.15, 0.2) is 55.1 Å². The van der Waals surface area contributed by atoms with E-state index in [1.165, 1.54) is 11.2 Å².